The van der Waals surface area contributed by atoms with E-state index in [-0.39, 0.29) is 42.3 Å². The topological polar surface area (TPSA) is 80.5 Å². The number of pyridine rings is 1. The Labute approximate surface area is 219 Å². The maximum Gasteiger partial charge on any atom is 0.272 e. The summed E-state index contributed by atoms with van der Waals surface area (Å²) in [5, 5.41) is 14.0. The number of fused-ring (bicyclic) bond motifs is 1. The largest absolute Gasteiger partial charge is 0.486 e. The number of aliphatic hydroxyl groups is 1. The number of amides is 1. The summed E-state index contributed by atoms with van der Waals surface area (Å²) in [4.78, 5) is 18.8. The second-order valence-corrected chi connectivity index (χ2v) is 9.47. The zero-order valence-electron chi connectivity index (χ0n) is 21.2. The molecule has 2 aromatic heterocycles. The fourth-order valence-corrected chi connectivity index (χ4v) is 4.60. The van der Waals surface area contributed by atoms with Crippen LogP contribution >= 0.6 is 0 Å². The quantitative estimate of drug-likeness (QED) is 0.354. The maximum atomic E-state index is 15.7. The molecule has 0 saturated carbocycles. The lowest BCUT2D eigenvalue weighted by atomic mass is 9.97. The summed E-state index contributed by atoms with van der Waals surface area (Å²) in [7, 11) is 0. The number of hydrogen-bond acceptors (Lipinski definition) is 5. The van der Waals surface area contributed by atoms with Gasteiger partial charge in [-0.3, -0.25) is 14.5 Å². The fraction of sp³-hybridized carbons (Fsp3) is 0.276. The van der Waals surface area contributed by atoms with Gasteiger partial charge < -0.3 is 14.7 Å². The standard InChI is InChI=1S/C29H28F2N4O3/c1-18(2)20-5-3-19(4-6-20)17-38-23-8-7-22(25(30)26(23)31)24-27(21-9-11-32-12-10-21)33-35-14-13-34(15-16-36)29(37)28(24)35/h3-12,18,36H,13-17H2,1-2H3. The van der Waals surface area contributed by atoms with E-state index in [1.807, 2.05) is 24.3 Å². The van der Waals surface area contributed by atoms with Crippen LogP contribution in [0.2, 0.25) is 0 Å². The van der Waals surface area contributed by atoms with Crippen molar-refractivity contribution in [3.63, 3.8) is 0 Å². The highest BCUT2D eigenvalue weighted by atomic mass is 19.2. The van der Waals surface area contributed by atoms with E-state index in [1.54, 1.807) is 24.5 Å². The fourth-order valence-electron chi connectivity index (χ4n) is 4.60. The molecule has 196 valence electrons. The van der Waals surface area contributed by atoms with E-state index in [9.17, 15) is 9.90 Å². The van der Waals surface area contributed by atoms with Gasteiger partial charge in [0.05, 0.1) is 13.2 Å². The van der Waals surface area contributed by atoms with Gasteiger partial charge in [0.1, 0.15) is 18.0 Å². The smallest absolute Gasteiger partial charge is 0.272 e. The van der Waals surface area contributed by atoms with Crippen molar-refractivity contribution in [1.29, 1.82) is 0 Å². The number of carbonyl (C=O) groups excluding carboxylic acids is 1. The van der Waals surface area contributed by atoms with Crippen LogP contribution in [0.25, 0.3) is 22.4 Å². The minimum atomic E-state index is -1.14. The predicted octanol–water partition coefficient (Wildman–Crippen LogP) is 5.04. The van der Waals surface area contributed by atoms with Crippen LogP contribution < -0.4 is 4.74 Å². The summed E-state index contributed by atoms with van der Waals surface area (Å²) in [5.74, 6) is -2.51. The van der Waals surface area contributed by atoms with Crippen LogP contribution in [0.3, 0.4) is 0 Å². The van der Waals surface area contributed by atoms with Crippen LogP contribution in [0.1, 0.15) is 41.4 Å². The van der Waals surface area contributed by atoms with Crippen molar-refractivity contribution in [2.75, 3.05) is 19.7 Å². The number of nitrogens with zero attached hydrogens (tertiary/aromatic N) is 4. The molecule has 1 aliphatic rings. The molecular formula is C29H28F2N4O3. The molecule has 1 aliphatic heterocycles. The van der Waals surface area contributed by atoms with E-state index in [2.05, 4.69) is 23.9 Å². The molecule has 0 bridgehead atoms. The molecular weight excluding hydrogens is 490 g/mol. The lowest BCUT2D eigenvalue weighted by Gasteiger charge is -2.27. The van der Waals surface area contributed by atoms with Gasteiger partial charge in [-0.15, -0.1) is 0 Å². The number of ether oxygens (including phenoxy) is 1. The number of β-amino-alcohol motifs (C(OH)–C–C–N with tert-alkyl or cyclic N) is 1. The van der Waals surface area contributed by atoms with Gasteiger partial charge in [0.2, 0.25) is 5.82 Å². The van der Waals surface area contributed by atoms with Gasteiger partial charge in [-0.05, 0) is 41.3 Å². The van der Waals surface area contributed by atoms with Crippen molar-refractivity contribution in [3.8, 4) is 28.1 Å². The number of aromatic nitrogens is 3. The van der Waals surface area contributed by atoms with Crippen molar-refractivity contribution in [1.82, 2.24) is 19.7 Å². The lowest BCUT2D eigenvalue weighted by Crippen LogP contribution is -2.42. The van der Waals surface area contributed by atoms with Gasteiger partial charge in [-0.1, -0.05) is 38.1 Å². The second kappa shape index (κ2) is 10.7. The second-order valence-electron chi connectivity index (χ2n) is 9.47. The Bertz CT molecular complexity index is 1450. The van der Waals surface area contributed by atoms with Gasteiger partial charge in [-0.2, -0.15) is 9.49 Å². The number of rotatable bonds is 8. The van der Waals surface area contributed by atoms with Crippen LogP contribution in [-0.4, -0.2) is 50.4 Å². The molecule has 38 heavy (non-hydrogen) atoms. The first-order valence-electron chi connectivity index (χ1n) is 12.5. The van der Waals surface area contributed by atoms with E-state index in [0.717, 1.165) is 5.56 Å². The highest BCUT2D eigenvalue weighted by Gasteiger charge is 2.34. The number of halogens is 2. The van der Waals surface area contributed by atoms with Gasteiger partial charge >= 0.3 is 0 Å². The zero-order valence-corrected chi connectivity index (χ0v) is 21.2. The summed E-state index contributed by atoms with van der Waals surface area (Å²) in [6, 6.07) is 14.0. The highest BCUT2D eigenvalue weighted by molar-refractivity contribution is 6.03. The molecule has 0 aliphatic carbocycles. The van der Waals surface area contributed by atoms with Gasteiger partial charge in [0.15, 0.2) is 11.6 Å². The van der Waals surface area contributed by atoms with Crippen molar-refractivity contribution in [3.05, 3.63) is 89.4 Å². The summed E-state index contributed by atoms with van der Waals surface area (Å²) in [6.07, 6.45) is 3.14. The average molecular weight is 519 g/mol. The Kier molecular flexibility index (Phi) is 7.20. The van der Waals surface area contributed by atoms with E-state index < -0.39 is 17.5 Å². The first-order chi connectivity index (χ1) is 18.4. The van der Waals surface area contributed by atoms with Gasteiger partial charge in [0.25, 0.3) is 5.91 Å². The summed E-state index contributed by atoms with van der Waals surface area (Å²) >= 11 is 0. The number of benzene rings is 2. The zero-order chi connectivity index (χ0) is 26.8. The first-order valence-corrected chi connectivity index (χ1v) is 12.5. The Morgan fingerprint density at radius 2 is 1.74 bits per heavy atom. The predicted molar refractivity (Wildman–Crippen MR) is 139 cm³/mol. The molecule has 0 fully saturated rings. The number of aliphatic hydroxyl groups excluding tert-OH is 1. The molecule has 0 saturated heterocycles. The van der Waals surface area contributed by atoms with E-state index in [1.165, 1.54) is 27.3 Å². The molecule has 3 heterocycles. The molecule has 5 rings (SSSR count). The molecule has 1 amide bonds. The molecule has 7 nitrogen and oxygen atoms in total. The Morgan fingerprint density at radius 1 is 1.00 bits per heavy atom. The molecule has 9 heteroatoms. The monoisotopic (exact) mass is 518 g/mol. The Morgan fingerprint density at radius 3 is 2.42 bits per heavy atom. The van der Waals surface area contributed by atoms with Crippen LogP contribution in [-0.2, 0) is 13.2 Å². The van der Waals surface area contributed by atoms with Gasteiger partial charge in [0, 0.05) is 42.2 Å². The maximum absolute atomic E-state index is 15.7. The lowest BCUT2D eigenvalue weighted by molar-refractivity contribution is 0.0662. The molecule has 1 N–H and O–H groups in total. The third-order valence-corrected chi connectivity index (χ3v) is 6.70. The van der Waals surface area contributed by atoms with E-state index in [4.69, 9.17) is 4.74 Å². The van der Waals surface area contributed by atoms with Crippen LogP contribution in [0.4, 0.5) is 8.78 Å². The van der Waals surface area contributed by atoms with Crippen molar-refractivity contribution in [2.45, 2.75) is 32.9 Å². The Hall–Kier alpha value is -4.11. The SMILES string of the molecule is CC(C)c1ccc(COc2ccc(-c3c(-c4ccncc4)nn4c3C(=O)N(CCO)CC4)c(F)c2F)cc1. The molecule has 0 spiro atoms. The highest BCUT2D eigenvalue weighted by Crippen LogP contribution is 2.39. The van der Waals surface area contributed by atoms with E-state index in [0.29, 0.717) is 30.3 Å². The molecule has 0 atom stereocenters. The minimum Gasteiger partial charge on any atom is -0.486 e. The van der Waals surface area contributed by atoms with Gasteiger partial charge in [-0.25, -0.2) is 4.39 Å². The third-order valence-electron chi connectivity index (χ3n) is 6.70. The minimum absolute atomic E-state index is 0.0775. The van der Waals surface area contributed by atoms with E-state index >= 15 is 8.78 Å². The Balaban J connectivity index is 1.53. The normalized spacial score (nSPS) is 13.2. The van der Waals surface area contributed by atoms with Crippen LogP contribution in [0.5, 0.6) is 5.75 Å². The van der Waals surface area contributed by atoms with Crippen molar-refractivity contribution < 1.29 is 23.4 Å². The van der Waals surface area contributed by atoms with Crippen LogP contribution in [0.15, 0.2) is 60.9 Å². The third kappa shape index (κ3) is 4.77. The van der Waals surface area contributed by atoms with Crippen molar-refractivity contribution >= 4 is 5.91 Å². The summed E-state index contributed by atoms with van der Waals surface area (Å²) in [6.45, 7) is 4.92. The summed E-state index contributed by atoms with van der Waals surface area (Å²) < 4.78 is 38.1. The summed E-state index contributed by atoms with van der Waals surface area (Å²) in [5.41, 5.74) is 3.21. The molecule has 0 unspecified atom stereocenters. The molecule has 2 aromatic carbocycles. The number of carbonyl (C=O) groups is 1. The number of hydrogen-bond donors (Lipinski definition) is 1. The first kappa shape index (κ1) is 25.5. The average Bonchev–Trinajstić information content (AvgIpc) is 3.32. The molecule has 0 radical (unpaired) electrons. The van der Waals surface area contributed by atoms with Crippen molar-refractivity contribution in [2.24, 2.45) is 0 Å². The molecule has 4 aromatic rings. The van der Waals surface area contributed by atoms with Crippen LogP contribution in [0, 0.1) is 11.6 Å².